The van der Waals surface area contributed by atoms with Crippen LogP contribution >= 0.6 is 0 Å². The van der Waals surface area contributed by atoms with Crippen LogP contribution in [0.15, 0.2) is 30.3 Å². The Hall–Kier alpha value is -3.67. The molecular weight excluding hydrogens is 392 g/mol. The number of rotatable bonds is 2. The van der Waals surface area contributed by atoms with Crippen molar-refractivity contribution in [2.75, 3.05) is 43.2 Å². The number of para-hydroxylation sites is 1. The molecule has 9 heteroatoms. The van der Waals surface area contributed by atoms with E-state index in [2.05, 4.69) is 16.3 Å². The van der Waals surface area contributed by atoms with E-state index >= 15 is 0 Å². The minimum absolute atomic E-state index is 0.104. The van der Waals surface area contributed by atoms with Gasteiger partial charge in [0.1, 0.15) is 47.0 Å². The zero-order valence-electron chi connectivity index (χ0n) is 16.1. The van der Waals surface area contributed by atoms with Gasteiger partial charge in [0.05, 0.1) is 18.8 Å². The highest BCUT2D eigenvalue weighted by Crippen LogP contribution is 2.40. The van der Waals surface area contributed by atoms with Gasteiger partial charge in [0, 0.05) is 31.1 Å². The molecule has 7 nitrogen and oxygen atoms in total. The fourth-order valence-electron chi connectivity index (χ4n) is 4.26. The van der Waals surface area contributed by atoms with Crippen LogP contribution in [0.25, 0.3) is 10.9 Å². The Labute approximate surface area is 171 Å². The molecule has 0 bridgehead atoms. The second-order valence-electron chi connectivity index (χ2n) is 7.20. The van der Waals surface area contributed by atoms with Crippen LogP contribution in [-0.4, -0.2) is 49.6 Å². The summed E-state index contributed by atoms with van der Waals surface area (Å²) in [5.41, 5.74) is 1.44. The van der Waals surface area contributed by atoms with Crippen molar-refractivity contribution in [2.45, 2.75) is 6.04 Å². The van der Waals surface area contributed by atoms with Gasteiger partial charge in [-0.2, -0.15) is 5.26 Å². The first-order valence-electron chi connectivity index (χ1n) is 9.47. The lowest BCUT2D eigenvalue weighted by atomic mass is 10.0. The first-order chi connectivity index (χ1) is 14.6. The third-order valence-electron chi connectivity index (χ3n) is 5.56. The summed E-state index contributed by atoms with van der Waals surface area (Å²) in [7, 11) is 1.43. The van der Waals surface area contributed by atoms with Crippen molar-refractivity contribution in [1.82, 2.24) is 10.2 Å². The van der Waals surface area contributed by atoms with E-state index in [-0.39, 0.29) is 23.3 Å². The average Bonchev–Trinajstić information content (AvgIpc) is 2.77. The highest BCUT2D eigenvalue weighted by atomic mass is 19.1. The Balaban J connectivity index is 1.58. The summed E-state index contributed by atoms with van der Waals surface area (Å²) in [6.45, 7) is 1.85. The van der Waals surface area contributed by atoms with Gasteiger partial charge in [-0.25, -0.2) is 8.78 Å². The van der Waals surface area contributed by atoms with Gasteiger partial charge in [-0.15, -0.1) is 10.2 Å². The van der Waals surface area contributed by atoms with E-state index in [9.17, 15) is 14.0 Å². The maximum atomic E-state index is 14.5. The molecule has 1 saturated heterocycles. The maximum absolute atomic E-state index is 14.5. The molecule has 1 aromatic heterocycles. The molecule has 2 aliphatic heterocycles. The van der Waals surface area contributed by atoms with Crippen LogP contribution in [0.2, 0.25) is 0 Å². The number of nitriles is 1. The molecule has 2 aliphatic rings. The first-order valence-corrected chi connectivity index (χ1v) is 9.47. The van der Waals surface area contributed by atoms with Crippen LogP contribution in [0.3, 0.4) is 0 Å². The largest absolute Gasteiger partial charge is 0.494 e. The predicted molar refractivity (Wildman–Crippen MR) is 106 cm³/mol. The van der Waals surface area contributed by atoms with Crippen molar-refractivity contribution < 1.29 is 18.3 Å². The Morgan fingerprint density at radius 2 is 2.07 bits per heavy atom. The maximum Gasteiger partial charge on any atom is 0.187 e. The van der Waals surface area contributed by atoms with Gasteiger partial charge in [-0.1, -0.05) is 6.07 Å². The van der Waals surface area contributed by atoms with E-state index in [0.717, 1.165) is 0 Å². The predicted octanol–water partition coefficient (Wildman–Crippen LogP) is 2.88. The number of ether oxygens (including phenoxy) is 2. The normalized spacial score (nSPS) is 17.7. The first kappa shape index (κ1) is 18.4. The number of nitrogens with zero attached hydrogens (tertiary/aromatic N) is 5. The second kappa shape index (κ2) is 6.99. The van der Waals surface area contributed by atoms with Crippen LogP contribution in [-0.2, 0) is 0 Å². The number of methoxy groups -OCH3 is 1. The van der Waals surface area contributed by atoms with Crippen LogP contribution < -0.4 is 19.3 Å². The Kier molecular flexibility index (Phi) is 4.28. The van der Waals surface area contributed by atoms with Crippen molar-refractivity contribution in [2.24, 2.45) is 0 Å². The number of hydrogen-bond donors (Lipinski definition) is 0. The van der Waals surface area contributed by atoms with E-state index in [1.807, 2.05) is 9.80 Å². The lowest BCUT2D eigenvalue weighted by Crippen LogP contribution is -2.57. The number of fused-ring (bicyclic) bond motifs is 4. The summed E-state index contributed by atoms with van der Waals surface area (Å²) in [5, 5.41) is 18.2. The molecule has 30 heavy (non-hydrogen) atoms. The molecule has 0 N–H and O–H groups in total. The Morgan fingerprint density at radius 3 is 2.87 bits per heavy atom. The van der Waals surface area contributed by atoms with Gasteiger partial charge in [-0.3, -0.25) is 0 Å². The summed E-state index contributed by atoms with van der Waals surface area (Å²) in [6.07, 6.45) is 0. The number of benzene rings is 2. The minimum Gasteiger partial charge on any atom is -0.494 e. The number of anilines is 2. The summed E-state index contributed by atoms with van der Waals surface area (Å²) in [6, 6.07) is 9.29. The summed E-state index contributed by atoms with van der Waals surface area (Å²) >= 11 is 0. The standard InChI is InChI=1S/C21H17F2N5O2/c1-29-18-8-12(22)7-14-19(18)26-25-16(9-24)20(14)27-5-6-28-13(10-27)11-30-17-4-2-3-15(23)21(17)28/h2-4,7-8,13H,5-6,10-11H2,1H3/t13-/m0/s1. The molecule has 2 aromatic carbocycles. The molecule has 1 fully saturated rings. The van der Waals surface area contributed by atoms with Crippen LogP contribution in [0.1, 0.15) is 5.69 Å². The third kappa shape index (κ3) is 2.76. The summed E-state index contributed by atoms with van der Waals surface area (Å²) < 4.78 is 39.7. The van der Waals surface area contributed by atoms with Crippen molar-refractivity contribution in [1.29, 1.82) is 5.26 Å². The molecular formula is C21H17F2N5O2. The van der Waals surface area contributed by atoms with Gasteiger partial charge in [0.15, 0.2) is 5.69 Å². The molecule has 0 aliphatic carbocycles. The molecule has 0 unspecified atom stereocenters. The van der Waals surface area contributed by atoms with Gasteiger partial charge in [-0.05, 0) is 18.2 Å². The highest BCUT2D eigenvalue weighted by Gasteiger charge is 2.36. The minimum atomic E-state index is -0.492. The molecule has 1 atom stereocenters. The molecule has 5 rings (SSSR count). The van der Waals surface area contributed by atoms with E-state index in [1.54, 1.807) is 12.1 Å². The van der Waals surface area contributed by atoms with Crippen molar-refractivity contribution in [3.63, 3.8) is 0 Å². The molecule has 0 spiro atoms. The molecule has 0 saturated carbocycles. The summed E-state index contributed by atoms with van der Waals surface area (Å²) in [5.74, 6) is -0.0431. The van der Waals surface area contributed by atoms with Gasteiger partial charge in [0.25, 0.3) is 0 Å². The van der Waals surface area contributed by atoms with Crippen LogP contribution in [0.5, 0.6) is 11.5 Å². The Morgan fingerprint density at radius 1 is 1.20 bits per heavy atom. The number of halogens is 2. The van der Waals surface area contributed by atoms with E-state index in [4.69, 9.17) is 9.47 Å². The van der Waals surface area contributed by atoms with Gasteiger partial charge in [0.2, 0.25) is 0 Å². The van der Waals surface area contributed by atoms with Crippen LogP contribution in [0.4, 0.5) is 20.2 Å². The van der Waals surface area contributed by atoms with E-state index in [1.165, 1.54) is 25.3 Å². The lowest BCUT2D eigenvalue weighted by Gasteiger charge is -2.46. The smallest absolute Gasteiger partial charge is 0.187 e. The molecule has 0 radical (unpaired) electrons. The highest BCUT2D eigenvalue weighted by molar-refractivity contribution is 5.97. The average molecular weight is 409 g/mol. The number of piperazine rings is 1. The molecule has 3 aromatic rings. The zero-order chi connectivity index (χ0) is 20.8. The fraction of sp³-hybridized carbons (Fsp3) is 0.286. The van der Waals surface area contributed by atoms with Crippen molar-refractivity contribution in [3.8, 4) is 17.6 Å². The van der Waals surface area contributed by atoms with E-state index < -0.39 is 5.82 Å². The Bertz CT molecular complexity index is 1200. The SMILES string of the molecule is COc1cc(F)cc2c(N3CCN4c5c(F)cccc5OC[C@@H]4C3)c(C#N)nnc12. The molecule has 152 valence electrons. The fourth-order valence-corrected chi connectivity index (χ4v) is 4.26. The van der Waals surface area contributed by atoms with Crippen molar-refractivity contribution >= 4 is 22.3 Å². The van der Waals surface area contributed by atoms with Crippen molar-refractivity contribution in [3.05, 3.63) is 47.7 Å². The van der Waals surface area contributed by atoms with Gasteiger partial charge >= 0.3 is 0 Å². The van der Waals surface area contributed by atoms with E-state index in [0.29, 0.717) is 54.3 Å². The number of aromatic nitrogens is 2. The number of hydrogen-bond acceptors (Lipinski definition) is 7. The third-order valence-corrected chi connectivity index (χ3v) is 5.56. The second-order valence-corrected chi connectivity index (χ2v) is 7.20. The molecule has 3 heterocycles. The summed E-state index contributed by atoms with van der Waals surface area (Å²) in [4.78, 5) is 3.96. The monoisotopic (exact) mass is 409 g/mol. The zero-order valence-corrected chi connectivity index (χ0v) is 16.1. The quantitative estimate of drug-likeness (QED) is 0.644. The topological polar surface area (TPSA) is 74.5 Å². The lowest BCUT2D eigenvalue weighted by molar-refractivity contribution is 0.252. The van der Waals surface area contributed by atoms with Crippen LogP contribution in [0, 0.1) is 23.0 Å². The van der Waals surface area contributed by atoms with Gasteiger partial charge < -0.3 is 19.3 Å². The molecule has 0 amide bonds.